The van der Waals surface area contributed by atoms with E-state index in [0.29, 0.717) is 58.5 Å². The molecule has 5 rings (SSSR count). The number of carbonyl (C=O) groups is 2. The van der Waals surface area contributed by atoms with Crippen LogP contribution in [0.4, 0.5) is 5.13 Å². The average Bonchev–Trinajstić information content (AvgIpc) is 3.60. The molecule has 208 valence electrons. The van der Waals surface area contributed by atoms with Crippen LogP contribution in [0.1, 0.15) is 62.8 Å². The molecule has 10 nitrogen and oxygen atoms in total. The molecule has 0 bridgehead atoms. The summed E-state index contributed by atoms with van der Waals surface area (Å²) in [6, 6.07) is 8.77. The maximum Gasteiger partial charge on any atom is 0.322 e. The fourth-order valence-corrected chi connectivity index (χ4v) is 8.06. The van der Waals surface area contributed by atoms with Gasteiger partial charge in [0.15, 0.2) is 5.13 Å². The van der Waals surface area contributed by atoms with E-state index in [1.165, 1.54) is 23.5 Å². The van der Waals surface area contributed by atoms with Gasteiger partial charge in [0.2, 0.25) is 21.8 Å². The number of sulfonamides is 1. The number of nitrogens with zero attached hydrogens (tertiary/aromatic N) is 3. The topological polar surface area (TPSA) is 139 Å². The molecule has 2 atom stereocenters. The molecule has 1 aromatic carbocycles. The second kappa shape index (κ2) is 11.6. The van der Waals surface area contributed by atoms with Gasteiger partial charge in [0.05, 0.1) is 17.9 Å². The molecule has 2 aliphatic rings. The number of carboxylic acid groups (broad SMARTS) is 1. The number of methoxy groups -OCH3 is 1. The molecule has 3 heterocycles. The number of benzene rings is 1. The van der Waals surface area contributed by atoms with E-state index in [9.17, 15) is 23.1 Å². The fourth-order valence-electron chi connectivity index (χ4n) is 5.58. The zero-order valence-corrected chi connectivity index (χ0v) is 23.3. The lowest BCUT2D eigenvalue weighted by atomic mass is 9.87. The highest BCUT2D eigenvalue weighted by Crippen LogP contribution is 2.36. The Balaban J connectivity index is 1.39. The normalized spacial score (nSPS) is 19.7. The van der Waals surface area contributed by atoms with Crippen LogP contribution in [0.5, 0.6) is 5.88 Å². The second-order valence-electron chi connectivity index (χ2n) is 10.2. The molecule has 39 heavy (non-hydrogen) atoms. The molecule has 2 aromatic heterocycles. The van der Waals surface area contributed by atoms with Crippen LogP contribution in [0.3, 0.4) is 0 Å². The quantitative estimate of drug-likeness (QED) is 0.378. The number of nitrogens with one attached hydrogen (secondary N) is 1. The van der Waals surface area contributed by atoms with Crippen molar-refractivity contribution in [3.05, 3.63) is 42.0 Å². The number of hydrogen-bond acceptors (Lipinski definition) is 8. The van der Waals surface area contributed by atoms with Crippen molar-refractivity contribution in [1.29, 1.82) is 0 Å². The second-order valence-corrected chi connectivity index (χ2v) is 13.0. The number of rotatable bonds is 9. The zero-order valence-electron chi connectivity index (χ0n) is 21.7. The summed E-state index contributed by atoms with van der Waals surface area (Å²) in [5, 5.41) is 13.0. The fraction of sp³-hybridized carbons (Fsp3) is 0.481. The Kier molecular flexibility index (Phi) is 8.15. The minimum Gasteiger partial charge on any atom is -0.481 e. The number of pyridine rings is 1. The van der Waals surface area contributed by atoms with Gasteiger partial charge in [-0.1, -0.05) is 49.2 Å². The van der Waals surface area contributed by atoms with E-state index in [0.717, 1.165) is 30.0 Å². The first-order valence-electron chi connectivity index (χ1n) is 13.2. The Morgan fingerprint density at radius 1 is 1.08 bits per heavy atom. The van der Waals surface area contributed by atoms with Crippen molar-refractivity contribution in [2.75, 3.05) is 19.0 Å². The summed E-state index contributed by atoms with van der Waals surface area (Å²) in [6.07, 6.45) is 6.66. The van der Waals surface area contributed by atoms with Crippen LogP contribution in [0.2, 0.25) is 0 Å². The Hall–Kier alpha value is -3.09. The molecular weight excluding hydrogens is 540 g/mol. The zero-order chi connectivity index (χ0) is 27.6. The number of amides is 1. The van der Waals surface area contributed by atoms with Crippen molar-refractivity contribution in [2.45, 2.75) is 68.2 Å². The van der Waals surface area contributed by atoms with Crippen LogP contribution in [0.15, 0.2) is 41.3 Å². The van der Waals surface area contributed by atoms with E-state index in [2.05, 4.69) is 15.3 Å². The maximum absolute atomic E-state index is 13.6. The Morgan fingerprint density at radius 3 is 2.49 bits per heavy atom. The average molecular weight is 573 g/mol. The third kappa shape index (κ3) is 5.92. The molecule has 0 spiro atoms. The third-order valence-corrected chi connectivity index (χ3v) is 10.5. The van der Waals surface area contributed by atoms with Gasteiger partial charge in [0.1, 0.15) is 16.4 Å². The van der Waals surface area contributed by atoms with Crippen molar-refractivity contribution in [2.24, 2.45) is 5.92 Å². The van der Waals surface area contributed by atoms with E-state index < -0.39 is 28.0 Å². The molecule has 1 saturated heterocycles. The molecule has 1 unspecified atom stereocenters. The molecule has 1 saturated carbocycles. The lowest BCUT2D eigenvalue weighted by Gasteiger charge is -2.32. The first kappa shape index (κ1) is 27.5. The molecule has 3 aromatic rings. The van der Waals surface area contributed by atoms with Gasteiger partial charge in [-0.05, 0) is 55.4 Å². The summed E-state index contributed by atoms with van der Waals surface area (Å²) in [5.41, 5.74) is 1.38. The lowest BCUT2D eigenvalue weighted by Crippen LogP contribution is -2.47. The number of piperidine rings is 1. The van der Waals surface area contributed by atoms with E-state index >= 15 is 0 Å². The summed E-state index contributed by atoms with van der Waals surface area (Å²) in [5.74, 6) is -0.939. The number of ether oxygens (including phenoxy) is 1. The molecule has 2 fully saturated rings. The molecule has 0 radical (unpaired) electrons. The highest BCUT2D eigenvalue weighted by molar-refractivity contribution is 7.89. The van der Waals surface area contributed by atoms with Gasteiger partial charge in [0, 0.05) is 12.6 Å². The smallest absolute Gasteiger partial charge is 0.322 e. The van der Waals surface area contributed by atoms with Gasteiger partial charge >= 0.3 is 5.97 Å². The molecule has 12 heteroatoms. The SMILES string of the molecule is COc1ccc2nc(NC(=O)C(CC3CCCC3)c3ccc(S(=O)(=O)N4CCCC[C@@H]4C(=O)O)cc3)sc2n1. The van der Waals surface area contributed by atoms with Gasteiger partial charge in [-0.3, -0.25) is 9.59 Å². The van der Waals surface area contributed by atoms with Crippen molar-refractivity contribution in [3.63, 3.8) is 0 Å². The highest BCUT2D eigenvalue weighted by Gasteiger charge is 2.38. The van der Waals surface area contributed by atoms with Crippen LogP contribution in [-0.4, -0.2) is 59.4 Å². The summed E-state index contributed by atoms with van der Waals surface area (Å²) < 4.78 is 32.9. The van der Waals surface area contributed by atoms with E-state index in [1.807, 2.05) is 0 Å². The number of aliphatic carboxylic acids is 1. The number of thiazole rings is 1. The number of carbonyl (C=O) groups excluding carboxylic acids is 1. The molecule has 1 aliphatic carbocycles. The number of carboxylic acids is 1. The summed E-state index contributed by atoms with van der Waals surface area (Å²) in [4.78, 5) is 34.8. The van der Waals surface area contributed by atoms with Crippen LogP contribution in [0, 0.1) is 5.92 Å². The lowest BCUT2D eigenvalue weighted by molar-refractivity contribution is -0.142. The first-order valence-corrected chi connectivity index (χ1v) is 15.5. The largest absolute Gasteiger partial charge is 0.481 e. The van der Waals surface area contributed by atoms with Crippen molar-refractivity contribution >= 4 is 48.7 Å². The van der Waals surface area contributed by atoms with Gasteiger partial charge in [-0.2, -0.15) is 4.31 Å². The number of fused-ring (bicyclic) bond motifs is 1. The van der Waals surface area contributed by atoms with Gasteiger partial charge in [-0.25, -0.2) is 18.4 Å². The number of hydrogen-bond donors (Lipinski definition) is 2. The Morgan fingerprint density at radius 2 is 1.79 bits per heavy atom. The minimum atomic E-state index is -3.98. The van der Waals surface area contributed by atoms with E-state index in [-0.39, 0.29) is 17.3 Å². The molecule has 2 N–H and O–H groups in total. The van der Waals surface area contributed by atoms with Crippen LogP contribution in [-0.2, 0) is 19.6 Å². The predicted molar refractivity (Wildman–Crippen MR) is 148 cm³/mol. The van der Waals surface area contributed by atoms with Gasteiger partial charge in [0.25, 0.3) is 0 Å². The van der Waals surface area contributed by atoms with E-state index in [4.69, 9.17) is 4.74 Å². The summed E-state index contributed by atoms with van der Waals surface area (Å²) in [7, 11) is -2.44. The maximum atomic E-state index is 13.6. The van der Waals surface area contributed by atoms with Crippen molar-refractivity contribution in [3.8, 4) is 5.88 Å². The standard InChI is InChI=1S/C27H32N4O6S2/c1-37-23-14-13-21-25(29-23)38-27(28-21)30-24(32)20(16-17-6-2-3-7-17)18-9-11-19(12-10-18)39(35,36)31-15-5-4-8-22(31)26(33)34/h9-14,17,20,22H,2-8,15-16H2,1H3,(H,33,34)(H,28,30,32)/t20?,22-/m1/s1. The van der Waals surface area contributed by atoms with Crippen molar-refractivity contribution in [1.82, 2.24) is 14.3 Å². The Bertz CT molecular complexity index is 1450. The summed E-state index contributed by atoms with van der Waals surface area (Å²) in [6.45, 7) is 0.177. The van der Waals surface area contributed by atoms with Crippen molar-refractivity contribution < 1.29 is 27.9 Å². The predicted octanol–water partition coefficient (Wildman–Crippen LogP) is 4.63. The number of aromatic nitrogens is 2. The molecule has 1 aliphatic heterocycles. The summed E-state index contributed by atoms with van der Waals surface area (Å²) >= 11 is 1.27. The van der Waals surface area contributed by atoms with Crippen LogP contribution >= 0.6 is 11.3 Å². The minimum absolute atomic E-state index is 0.0330. The van der Waals surface area contributed by atoms with Gasteiger partial charge in [-0.15, -0.1) is 0 Å². The van der Waals surface area contributed by atoms with Crippen LogP contribution < -0.4 is 10.1 Å². The van der Waals surface area contributed by atoms with E-state index in [1.54, 1.807) is 31.4 Å². The monoisotopic (exact) mass is 572 g/mol. The molecule has 1 amide bonds. The molecular formula is C27H32N4O6S2. The first-order chi connectivity index (χ1) is 18.8. The third-order valence-electron chi connectivity index (χ3n) is 7.66. The van der Waals surface area contributed by atoms with Gasteiger partial charge < -0.3 is 15.2 Å². The highest BCUT2D eigenvalue weighted by atomic mass is 32.2. The Labute approximate surface area is 231 Å². The van der Waals surface area contributed by atoms with Crippen LogP contribution in [0.25, 0.3) is 10.3 Å². The number of anilines is 1.